The van der Waals surface area contributed by atoms with Crippen molar-refractivity contribution in [1.82, 2.24) is 20.3 Å². The quantitative estimate of drug-likeness (QED) is 0.501. The van der Waals surface area contributed by atoms with Crippen LogP contribution in [0.25, 0.3) is 32.2 Å². The monoisotopic (exact) mass is 432 g/mol. The largest absolute Gasteiger partial charge is 0.375 e. The van der Waals surface area contributed by atoms with Crippen molar-refractivity contribution in [2.24, 2.45) is 0 Å². The fourth-order valence-electron chi connectivity index (χ4n) is 3.69. The molecule has 0 spiro atoms. The van der Waals surface area contributed by atoms with E-state index in [2.05, 4.69) is 25.2 Å². The molecule has 10 heteroatoms. The van der Waals surface area contributed by atoms with Crippen molar-refractivity contribution in [2.45, 2.75) is 0 Å². The number of piperazine rings is 1. The third-order valence-corrected chi connectivity index (χ3v) is 6.19. The zero-order valence-corrected chi connectivity index (χ0v) is 16.6. The molecule has 1 aliphatic rings. The predicted octanol–water partition coefficient (Wildman–Crippen LogP) is 3.83. The first kappa shape index (κ1) is 18.4. The van der Waals surface area contributed by atoms with Crippen molar-refractivity contribution in [3.63, 3.8) is 0 Å². The number of aromatic nitrogens is 3. The second kappa shape index (κ2) is 7.01. The number of hydrogen-bond acceptors (Lipinski definition) is 7. The van der Waals surface area contributed by atoms with Crippen molar-refractivity contribution in [1.29, 1.82) is 0 Å². The molecule has 0 aliphatic carbocycles. The van der Waals surface area contributed by atoms with Crippen molar-refractivity contribution < 1.29 is 8.78 Å². The Morgan fingerprint density at radius 3 is 2.72 bits per heavy atom. The summed E-state index contributed by atoms with van der Waals surface area (Å²) in [5.41, 5.74) is 6.70. The zero-order chi connectivity index (χ0) is 20.1. The molecule has 2 aromatic heterocycles. The van der Waals surface area contributed by atoms with E-state index < -0.39 is 11.6 Å². The van der Waals surface area contributed by atoms with Gasteiger partial charge in [0.1, 0.15) is 23.5 Å². The first-order valence-corrected chi connectivity index (χ1v) is 10.2. The highest BCUT2D eigenvalue weighted by Crippen LogP contribution is 2.41. The molecule has 0 bridgehead atoms. The fourth-order valence-corrected chi connectivity index (χ4v) is 4.74. The van der Waals surface area contributed by atoms with Gasteiger partial charge in [-0.2, -0.15) is 0 Å². The van der Waals surface area contributed by atoms with Crippen molar-refractivity contribution in [3.05, 3.63) is 41.2 Å². The van der Waals surface area contributed by atoms with Crippen LogP contribution in [0.15, 0.2) is 24.5 Å². The Morgan fingerprint density at radius 1 is 1.14 bits per heavy atom. The number of nitrogens with two attached hydrogens (primary N) is 1. The highest BCUT2D eigenvalue weighted by Gasteiger charge is 2.23. The first-order chi connectivity index (χ1) is 14.0. The maximum atomic E-state index is 15.6. The Kier molecular flexibility index (Phi) is 4.45. The van der Waals surface area contributed by atoms with E-state index in [9.17, 15) is 4.39 Å². The lowest BCUT2D eigenvalue weighted by Crippen LogP contribution is -2.44. The summed E-state index contributed by atoms with van der Waals surface area (Å²) in [6.07, 6.45) is 1.35. The second-order valence-electron chi connectivity index (χ2n) is 6.70. The van der Waals surface area contributed by atoms with Crippen LogP contribution in [0.1, 0.15) is 0 Å². The highest BCUT2D eigenvalue weighted by atomic mass is 35.5. The van der Waals surface area contributed by atoms with Gasteiger partial charge in [-0.05, 0) is 18.2 Å². The normalized spacial score (nSPS) is 14.8. The minimum atomic E-state index is -0.592. The third-order valence-electron chi connectivity index (χ3n) is 5.00. The summed E-state index contributed by atoms with van der Waals surface area (Å²) in [7, 11) is 0. The molecule has 148 valence electrons. The Bertz CT molecular complexity index is 1250. The van der Waals surface area contributed by atoms with E-state index in [1.807, 2.05) is 0 Å². The van der Waals surface area contributed by atoms with E-state index in [0.717, 1.165) is 37.5 Å². The van der Waals surface area contributed by atoms with Crippen molar-refractivity contribution in [3.8, 4) is 11.1 Å². The van der Waals surface area contributed by atoms with Gasteiger partial charge in [-0.3, -0.25) is 0 Å². The minimum absolute atomic E-state index is 0.124. The molecule has 0 unspecified atom stereocenters. The number of benzene rings is 2. The lowest BCUT2D eigenvalue weighted by atomic mass is 10.0. The van der Waals surface area contributed by atoms with Crippen LogP contribution in [-0.2, 0) is 0 Å². The Labute approximate surface area is 173 Å². The van der Waals surface area contributed by atoms with Gasteiger partial charge in [0.05, 0.1) is 15.2 Å². The topological polar surface area (TPSA) is 80.0 Å². The highest BCUT2D eigenvalue weighted by molar-refractivity contribution is 7.22. The van der Waals surface area contributed by atoms with Gasteiger partial charge in [-0.25, -0.2) is 23.7 Å². The molecule has 1 saturated heterocycles. The first-order valence-electron chi connectivity index (χ1n) is 8.98. The summed E-state index contributed by atoms with van der Waals surface area (Å²) in [6, 6.07) is 4.39. The number of anilines is 2. The van der Waals surface area contributed by atoms with Gasteiger partial charge in [0.25, 0.3) is 0 Å². The number of fused-ring (bicyclic) bond motifs is 2. The number of halogens is 3. The molecule has 4 aromatic rings. The molecule has 3 N–H and O–H groups in total. The Balaban J connectivity index is 1.76. The number of hydrogen-bond donors (Lipinski definition) is 2. The van der Waals surface area contributed by atoms with Gasteiger partial charge in [-0.1, -0.05) is 22.9 Å². The number of rotatable bonds is 2. The standard InChI is InChI=1S/C19H15ClF2N6S/c20-11-7-10-15(25-8-26-18(10)28-5-3-24-4-6-28)14(22)13(11)9-1-2-12(21)17-16(9)27-19(23)29-17/h1-2,7-8,24H,3-6H2,(H2,23,27). The van der Waals surface area contributed by atoms with Crippen LogP contribution in [0, 0.1) is 11.6 Å². The molecule has 3 heterocycles. The van der Waals surface area contributed by atoms with Crippen LogP contribution in [-0.4, -0.2) is 41.1 Å². The average molecular weight is 433 g/mol. The lowest BCUT2D eigenvalue weighted by Gasteiger charge is -2.29. The van der Waals surface area contributed by atoms with Gasteiger partial charge >= 0.3 is 0 Å². The molecule has 0 radical (unpaired) electrons. The predicted molar refractivity (Wildman–Crippen MR) is 113 cm³/mol. The molecule has 0 atom stereocenters. The maximum absolute atomic E-state index is 15.6. The number of nitrogen functional groups attached to an aromatic ring is 1. The fraction of sp³-hybridized carbons (Fsp3) is 0.211. The third kappa shape index (κ3) is 2.97. The molecule has 1 fully saturated rings. The average Bonchev–Trinajstić information content (AvgIpc) is 3.12. The molecule has 6 nitrogen and oxygen atoms in total. The van der Waals surface area contributed by atoms with Crippen LogP contribution >= 0.6 is 22.9 Å². The number of thiazole rings is 1. The smallest absolute Gasteiger partial charge is 0.181 e. The van der Waals surface area contributed by atoms with E-state index >= 15 is 4.39 Å². The Hall–Kier alpha value is -2.62. The molecular formula is C19H15ClF2N6S. The van der Waals surface area contributed by atoms with Crippen LogP contribution < -0.4 is 16.0 Å². The van der Waals surface area contributed by atoms with E-state index in [0.29, 0.717) is 16.8 Å². The van der Waals surface area contributed by atoms with Crippen LogP contribution in [0.4, 0.5) is 19.7 Å². The van der Waals surface area contributed by atoms with Gasteiger partial charge in [0.15, 0.2) is 10.9 Å². The maximum Gasteiger partial charge on any atom is 0.181 e. The van der Waals surface area contributed by atoms with Crippen LogP contribution in [0.2, 0.25) is 5.02 Å². The summed E-state index contributed by atoms with van der Waals surface area (Å²) in [4.78, 5) is 14.8. The van der Waals surface area contributed by atoms with Gasteiger partial charge in [0, 0.05) is 42.7 Å². The van der Waals surface area contributed by atoms with Gasteiger partial charge in [-0.15, -0.1) is 0 Å². The molecule has 0 amide bonds. The van der Waals surface area contributed by atoms with Gasteiger partial charge < -0.3 is 16.0 Å². The summed E-state index contributed by atoms with van der Waals surface area (Å²) in [5, 5.41) is 4.20. The van der Waals surface area contributed by atoms with E-state index in [1.165, 1.54) is 18.5 Å². The lowest BCUT2D eigenvalue weighted by molar-refractivity contribution is 0.585. The van der Waals surface area contributed by atoms with E-state index in [1.54, 1.807) is 6.07 Å². The molecule has 5 rings (SSSR count). The van der Waals surface area contributed by atoms with Crippen molar-refractivity contribution in [2.75, 3.05) is 36.8 Å². The molecule has 29 heavy (non-hydrogen) atoms. The van der Waals surface area contributed by atoms with Crippen LogP contribution in [0.5, 0.6) is 0 Å². The van der Waals surface area contributed by atoms with Gasteiger partial charge in [0.2, 0.25) is 0 Å². The SMILES string of the molecule is Nc1nc2c(-c3c(Cl)cc4c(N5CCNCC5)ncnc4c3F)ccc(F)c2s1. The second-order valence-corrected chi connectivity index (χ2v) is 8.14. The van der Waals surface area contributed by atoms with Crippen LogP contribution in [0.3, 0.4) is 0 Å². The zero-order valence-electron chi connectivity index (χ0n) is 15.0. The summed E-state index contributed by atoms with van der Waals surface area (Å²) in [6.45, 7) is 3.14. The summed E-state index contributed by atoms with van der Waals surface area (Å²) >= 11 is 7.54. The van der Waals surface area contributed by atoms with Crippen molar-refractivity contribution >= 4 is 55.0 Å². The molecule has 2 aromatic carbocycles. The molecular weight excluding hydrogens is 418 g/mol. The number of nitrogens with zero attached hydrogens (tertiary/aromatic N) is 4. The van der Waals surface area contributed by atoms with E-state index in [-0.39, 0.29) is 31.5 Å². The Morgan fingerprint density at radius 2 is 1.93 bits per heavy atom. The van der Waals surface area contributed by atoms with E-state index in [4.69, 9.17) is 17.3 Å². The molecule has 1 aliphatic heterocycles. The summed E-state index contributed by atoms with van der Waals surface area (Å²) in [5.74, 6) is -0.407. The molecule has 0 saturated carbocycles. The summed E-state index contributed by atoms with van der Waals surface area (Å²) < 4.78 is 30.1. The minimum Gasteiger partial charge on any atom is -0.375 e. The number of nitrogens with one attached hydrogen (secondary N) is 1.